The van der Waals surface area contributed by atoms with Crippen LogP contribution in [0.5, 0.6) is 0 Å². The molecule has 1 aliphatic heterocycles. The van der Waals surface area contributed by atoms with E-state index in [9.17, 15) is 5.11 Å². The van der Waals surface area contributed by atoms with E-state index < -0.39 is 0 Å². The molecule has 4 unspecified atom stereocenters. The Hall–Kier alpha value is -0.860. The molecule has 2 saturated carbocycles. The van der Waals surface area contributed by atoms with Crippen molar-refractivity contribution in [2.24, 2.45) is 17.8 Å². The number of fused-ring (bicyclic) bond motifs is 2. The summed E-state index contributed by atoms with van der Waals surface area (Å²) in [4.78, 5) is 0. The molecule has 3 aliphatic rings. The number of aliphatic hydroxyl groups is 1. The zero-order valence-corrected chi connectivity index (χ0v) is 11.3. The smallest absolute Gasteiger partial charge is 0.0852 e. The van der Waals surface area contributed by atoms with E-state index in [1.165, 1.54) is 30.4 Å². The molecule has 0 saturated heterocycles. The second-order valence-corrected chi connectivity index (χ2v) is 6.45. The van der Waals surface area contributed by atoms with Crippen molar-refractivity contribution in [2.75, 3.05) is 6.61 Å². The second-order valence-electron chi connectivity index (χ2n) is 6.45. The highest BCUT2D eigenvalue weighted by Gasteiger charge is 2.55. The molecule has 1 aromatic rings. The van der Waals surface area contributed by atoms with Gasteiger partial charge in [0, 0.05) is 6.42 Å². The monoisotopic (exact) mass is 258 g/mol. The molecule has 0 radical (unpaired) electrons. The molecule has 19 heavy (non-hydrogen) atoms. The molecule has 1 N–H and O–H groups in total. The summed E-state index contributed by atoms with van der Waals surface area (Å²) in [5, 5.41) is 10.5. The maximum Gasteiger partial charge on any atom is 0.0852 e. The fourth-order valence-corrected chi connectivity index (χ4v) is 4.50. The van der Waals surface area contributed by atoms with Crippen molar-refractivity contribution in [1.29, 1.82) is 0 Å². The molecule has 4 atom stereocenters. The van der Waals surface area contributed by atoms with E-state index in [-0.39, 0.29) is 12.2 Å². The molecule has 1 aromatic carbocycles. The van der Waals surface area contributed by atoms with Gasteiger partial charge in [-0.05, 0) is 48.1 Å². The molecular formula is C17H22O2. The minimum atomic E-state index is -0.161. The number of rotatable bonds is 3. The van der Waals surface area contributed by atoms with Crippen LogP contribution in [-0.2, 0) is 11.2 Å². The third-order valence-corrected chi connectivity index (χ3v) is 5.47. The molecule has 0 amide bonds. The summed E-state index contributed by atoms with van der Waals surface area (Å²) in [6.07, 6.45) is 5.81. The maximum absolute atomic E-state index is 10.5. The summed E-state index contributed by atoms with van der Waals surface area (Å²) in [7, 11) is 0. The first-order valence-electron chi connectivity index (χ1n) is 7.72. The summed E-state index contributed by atoms with van der Waals surface area (Å²) in [6.45, 7) is 0.798. The summed E-state index contributed by atoms with van der Waals surface area (Å²) >= 11 is 0. The zero-order chi connectivity index (χ0) is 12.8. The van der Waals surface area contributed by atoms with Crippen molar-refractivity contribution in [3.8, 4) is 0 Å². The van der Waals surface area contributed by atoms with E-state index in [0.717, 1.165) is 31.3 Å². The highest BCUT2D eigenvalue weighted by Crippen LogP contribution is 2.59. The molecule has 0 aromatic heterocycles. The van der Waals surface area contributed by atoms with Crippen LogP contribution in [-0.4, -0.2) is 17.8 Å². The van der Waals surface area contributed by atoms with E-state index in [1.54, 1.807) is 0 Å². The van der Waals surface area contributed by atoms with Crippen LogP contribution in [0.1, 0.15) is 42.9 Å². The Bertz CT molecular complexity index is 460. The Kier molecular flexibility index (Phi) is 2.89. The maximum atomic E-state index is 10.5. The van der Waals surface area contributed by atoms with Crippen LogP contribution < -0.4 is 0 Å². The average Bonchev–Trinajstić information content (AvgIpc) is 2.93. The average molecular weight is 258 g/mol. The summed E-state index contributed by atoms with van der Waals surface area (Å²) in [6, 6.07) is 8.55. The Labute approximate surface area is 114 Å². The fourth-order valence-electron chi connectivity index (χ4n) is 4.50. The molecule has 2 nitrogen and oxygen atoms in total. The van der Waals surface area contributed by atoms with Gasteiger partial charge in [0.25, 0.3) is 0 Å². The summed E-state index contributed by atoms with van der Waals surface area (Å²) < 4.78 is 5.92. The Morgan fingerprint density at radius 3 is 2.84 bits per heavy atom. The van der Waals surface area contributed by atoms with Crippen molar-refractivity contribution < 1.29 is 9.84 Å². The molecule has 0 spiro atoms. The molecule has 102 valence electrons. The van der Waals surface area contributed by atoms with Crippen LogP contribution >= 0.6 is 0 Å². The van der Waals surface area contributed by atoms with E-state index in [0.29, 0.717) is 5.92 Å². The van der Waals surface area contributed by atoms with Gasteiger partial charge in [0.05, 0.1) is 18.8 Å². The van der Waals surface area contributed by atoms with E-state index in [1.807, 2.05) is 0 Å². The van der Waals surface area contributed by atoms with Crippen LogP contribution in [0.3, 0.4) is 0 Å². The molecule has 4 rings (SSSR count). The van der Waals surface area contributed by atoms with Gasteiger partial charge in [-0.25, -0.2) is 0 Å². The van der Waals surface area contributed by atoms with Crippen LogP contribution in [0.2, 0.25) is 0 Å². The van der Waals surface area contributed by atoms with Gasteiger partial charge in [-0.1, -0.05) is 30.7 Å². The van der Waals surface area contributed by atoms with Gasteiger partial charge in [-0.3, -0.25) is 0 Å². The quantitative estimate of drug-likeness (QED) is 0.902. The van der Waals surface area contributed by atoms with E-state index >= 15 is 0 Å². The number of hydrogen-bond acceptors (Lipinski definition) is 2. The predicted molar refractivity (Wildman–Crippen MR) is 73.8 cm³/mol. The van der Waals surface area contributed by atoms with Gasteiger partial charge in [0.1, 0.15) is 0 Å². The van der Waals surface area contributed by atoms with E-state index in [2.05, 4.69) is 24.3 Å². The first kappa shape index (κ1) is 11.9. The lowest BCUT2D eigenvalue weighted by atomic mass is 9.92. The number of aliphatic hydroxyl groups excluding tert-OH is 1. The molecular weight excluding hydrogens is 236 g/mol. The highest BCUT2D eigenvalue weighted by molar-refractivity contribution is 5.31. The third kappa shape index (κ3) is 2.02. The minimum Gasteiger partial charge on any atom is -0.393 e. The van der Waals surface area contributed by atoms with Gasteiger partial charge in [0.2, 0.25) is 0 Å². The fraction of sp³-hybridized carbons (Fsp3) is 0.647. The Balaban J connectivity index is 1.46. The van der Waals surface area contributed by atoms with Gasteiger partial charge >= 0.3 is 0 Å². The van der Waals surface area contributed by atoms with Crippen LogP contribution in [0.4, 0.5) is 0 Å². The highest BCUT2D eigenvalue weighted by atomic mass is 16.5. The van der Waals surface area contributed by atoms with Crippen molar-refractivity contribution >= 4 is 0 Å². The lowest BCUT2D eigenvalue weighted by molar-refractivity contribution is -0.00408. The SMILES string of the molecule is OC(CC1OCCc2ccccc21)C1C2CCCC21. The van der Waals surface area contributed by atoms with Crippen molar-refractivity contribution in [2.45, 2.75) is 44.3 Å². The molecule has 1 heterocycles. The molecule has 2 fully saturated rings. The standard InChI is InChI=1S/C17H22O2/c18-15(17-13-6-3-7-14(13)17)10-16-12-5-2-1-4-11(12)8-9-19-16/h1-2,4-5,13-18H,3,6-10H2. The van der Waals surface area contributed by atoms with E-state index in [4.69, 9.17) is 4.74 Å². The second kappa shape index (κ2) is 4.60. The van der Waals surface area contributed by atoms with Crippen molar-refractivity contribution in [3.63, 3.8) is 0 Å². The van der Waals surface area contributed by atoms with Gasteiger partial charge in [-0.2, -0.15) is 0 Å². The summed E-state index contributed by atoms with van der Waals surface area (Å²) in [5.41, 5.74) is 2.71. The topological polar surface area (TPSA) is 29.5 Å². The van der Waals surface area contributed by atoms with Gasteiger partial charge < -0.3 is 9.84 Å². The first-order valence-corrected chi connectivity index (χ1v) is 7.72. The normalized spacial score (nSPS) is 37.5. The number of benzene rings is 1. The lowest BCUT2D eigenvalue weighted by Gasteiger charge is -2.28. The number of hydrogen-bond donors (Lipinski definition) is 1. The molecule has 2 aliphatic carbocycles. The van der Waals surface area contributed by atoms with Crippen LogP contribution in [0.15, 0.2) is 24.3 Å². The van der Waals surface area contributed by atoms with Gasteiger partial charge in [0.15, 0.2) is 0 Å². The van der Waals surface area contributed by atoms with Crippen molar-refractivity contribution in [1.82, 2.24) is 0 Å². The summed E-state index contributed by atoms with van der Waals surface area (Å²) in [5.74, 6) is 2.23. The predicted octanol–water partition coefficient (Wildman–Crippen LogP) is 3.10. The Morgan fingerprint density at radius 1 is 1.21 bits per heavy atom. The Morgan fingerprint density at radius 2 is 2.00 bits per heavy atom. The zero-order valence-electron chi connectivity index (χ0n) is 11.3. The van der Waals surface area contributed by atoms with Gasteiger partial charge in [-0.15, -0.1) is 0 Å². The van der Waals surface area contributed by atoms with Crippen LogP contribution in [0.25, 0.3) is 0 Å². The lowest BCUT2D eigenvalue weighted by Crippen LogP contribution is -2.23. The minimum absolute atomic E-state index is 0.112. The third-order valence-electron chi connectivity index (χ3n) is 5.47. The first-order chi connectivity index (χ1) is 9.34. The number of ether oxygens (including phenoxy) is 1. The molecule has 2 heteroatoms. The molecule has 0 bridgehead atoms. The largest absolute Gasteiger partial charge is 0.393 e. The van der Waals surface area contributed by atoms with Crippen LogP contribution in [0, 0.1) is 17.8 Å². The van der Waals surface area contributed by atoms with Crippen molar-refractivity contribution in [3.05, 3.63) is 35.4 Å².